The van der Waals surface area contributed by atoms with Gasteiger partial charge in [-0.05, 0) is 61.9 Å². The van der Waals surface area contributed by atoms with E-state index in [1.54, 1.807) is 7.11 Å². The molecule has 3 aliphatic heterocycles. The first-order valence-electron chi connectivity index (χ1n) is 15.1. The molecular formula is C35H47Cl2N3O2. The first-order chi connectivity index (χ1) is 19.6. The Kier molecular flexibility index (Phi) is 12.7. The third-order valence-corrected chi connectivity index (χ3v) is 9.28. The highest BCUT2D eigenvalue weighted by Gasteiger charge is 2.52. The highest BCUT2D eigenvalue weighted by Crippen LogP contribution is 2.45. The van der Waals surface area contributed by atoms with E-state index in [2.05, 4.69) is 110 Å². The van der Waals surface area contributed by atoms with Gasteiger partial charge in [0.15, 0.2) is 0 Å². The maximum Gasteiger partial charge on any atom is 0.227 e. The lowest BCUT2D eigenvalue weighted by molar-refractivity contribution is -0.145. The zero-order valence-corrected chi connectivity index (χ0v) is 27.0. The molecule has 3 fully saturated rings. The van der Waals surface area contributed by atoms with Crippen LogP contribution in [-0.2, 0) is 17.8 Å². The molecule has 1 N–H and O–H groups in total. The predicted octanol–water partition coefficient (Wildman–Crippen LogP) is 6.58. The van der Waals surface area contributed by atoms with Crippen molar-refractivity contribution in [3.05, 3.63) is 101 Å². The average molecular weight is 613 g/mol. The van der Waals surface area contributed by atoms with Crippen LogP contribution in [0.1, 0.15) is 55.4 Å². The summed E-state index contributed by atoms with van der Waals surface area (Å²) in [5, 5.41) is 4.03. The third kappa shape index (κ3) is 6.97. The molecule has 0 saturated carbocycles. The molecular weight excluding hydrogens is 565 g/mol. The second kappa shape index (κ2) is 15.8. The summed E-state index contributed by atoms with van der Waals surface area (Å²) in [4.78, 5) is 18.5. The van der Waals surface area contributed by atoms with Crippen LogP contribution >= 0.6 is 24.8 Å². The number of nitrogens with zero attached hydrogens (tertiary/aromatic N) is 2. The first-order valence-corrected chi connectivity index (χ1v) is 15.1. The standard InChI is InChI=1S/C35H45N3O2.2ClH/c1-5-25-18-19-31(40-4)28(22-25)23-36-33-29-20-21-38(24-30(29)35(39)37(6-2)7-3)34(33)32(26-14-10-8-11-15-26)27-16-12-9-13-17-27;;/h8-19,22,29-30,32-34,36H,5-7,20-21,23-24H2,1-4H3;2*1H. The molecule has 3 aliphatic rings. The normalized spacial score (nSPS) is 22.6. The highest BCUT2D eigenvalue weighted by atomic mass is 35.5. The molecule has 0 aromatic heterocycles. The van der Waals surface area contributed by atoms with Crippen molar-refractivity contribution in [2.24, 2.45) is 11.8 Å². The molecule has 3 aromatic rings. The molecule has 1 amide bonds. The predicted molar refractivity (Wildman–Crippen MR) is 177 cm³/mol. The van der Waals surface area contributed by atoms with Crippen LogP contribution in [0.25, 0.3) is 0 Å². The van der Waals surface area contributed by atoms with Crippen molar-refractivity contribution >= 4 is 30.7 Å². The number of methoxy groups -OCH3 is 1. The Labute approximate surface area is 264 Å². The second-order valence-corrected chi connectivity index (χ2v) is 11.3. The molecule has 2 bridgehead atoms. The molecule has 42 heavy (non-hydrogen) atoms. The van der Waals surface area contributed by atoms with Gasteiger partial charge < -0.3 is 15.0 Å². The minimum absolute atomic E-state index is 0. The fourth-order valence-corrected chi connectivity index (χ4v) is 7.22. The lowest BCUT2D eigenvalue weighted by Crippen LogP contribution is -2.69. The number of halogens is 2. The van der Waals surface area contributed by atoms with Gasteiger partial charge in [-0.3, -0.25) is 9.69 Å². The van der Waals surface area contributed by atoms with Crippen molar-refractivity contribution < 1.29 is 9.53 Å². The summed E-state index contributed by atoms with van der Waals surface area (Å²) < 4.78 is 5.77. The SMILES string of the molecule is CCc1ccc(OC)c(CNC2C3CCN(CC3C(=O)N(CC)CC)C2C(c2ccccc2)c2ccccc2)c1.Cl.Cl. The summed E-state index contributed by atoms with van der Waals surface area (Å²) in [6.07, 6.45) is 2.03. The van der Waals surface area contributed by atoms with E-state index in [4.69, 9.17) is 4.74 Å². The number of aryl methyl sites for hydroxylation is 1. The second-order valence-electron chi connectivity index (χ2n) is 11.3. The molecule has 7 heteroatoms. The Morgan fingerprint density at radius 1 is 0.952 bits per heavy atom. The Balaban J connectivity index is 0.00000242. The minimum Gasteiger partial charge on any atom is -0.496 e. The van der Waals surface area contributed by atoms with Gasteiger partial charge in [0.1, 0.15) is 5.75 Å². The topological polar surface area (TPSA) is 44.8 Å². The number of hydrogen-bond acceptors (Lipinski definition) is 4. The van der Waals surface area contributed by atoms with Crippen LogP contribution in [0.5, 0.6) is 5.75 Å². The van der Waals surface area contributed by atoms with Gasteiger partial charge in [0.05, 0.1) is 13.0 Å². The molecule has 5 atom stereocenters. The van der Waals surface area contributed by atoms with Gasteiger partial charge in [0.25, 0.3) is 0 Å². The van der Waals surface area contributed by atoms with Crippen LogP contribution in [-0.4, -0.2) is 61.1 Å². The molecule has 6 rings (SSSR count). The Hall–Kier alpha value is -2.57. The van der Waals surface area contributed by atoms with Gasteiger partial charge >= 0.3 is 0 Å². The van der Waals surface area contributed by atoms with E-state index in [0.29, 0.717) is 12.5 Å². The maximum absolute atomic E-state index is 13.8. The van der Waals surface area contributed by atoms with Gasteiger partial charge in [-0.2, -0.15) is 0 Å². The van der Waals surface area contributed by atoms with Crippen molar-refractivity contribution in [2.75, 3.05) is 33.3 Å². The van der Waals surface area contributed by atoms with E-state index in [0.717, 1.165) is 44.8 Å². The number of hydrogen-bond donors (Lipinski definition) is 1. The maximum atomic E-state index is 13.8. The monoisotopic (exact) mass is 611 g/mol. The van der Waals surface area contributed by atoms with Crippen molar-refractivity contribution in [2.45, 2.75) is 58.2 Å². The number of ether oxygens (including phenoxy) is 1. The van der Waals surface area contributed by atoms with E-state index in [9.17, 15) is 4.79 Å². The van der Waals surface area contributed by atoms with E-state index in [-0.39, 0.29) is 54.7 Å². The van der Waals surface area contributed by atoms with Gasteiger partial charge in [0.2, 0.25) is 5.91 Å². The summed E-state index contributed by atoms with van der Waals surface area (Å²) in [5.74, 6) is 1.72. The summed E-state index contributed by atoms with van der Waals surface area (Å²) in [6.45, 7) is 10.5. The van der Waals surface area contributed by atoms with Crippen molar-refractivity contribution in [3.8, 4) is 5.75 Å². The van der Waals surface area contributed by atoms with Crippen LogP contribution in [0.3, 0.4) is 0 Å². The van der Waals surface area contributed by atoms with Crippen molar-refractivity contribution in [1.82, 2.24) is 15.1 Å². The third-order valence-electron chi connectivity index (χ3n) is 9.28. The number of carbonyl (C=O) groups is 1. The summed E-state index contributed by atoms with van der Waals surface area (Å²) in [6, 6.07) is 28.8. The number of nitrogens with one attached hydrogen (secondary N) is 1. The van der Waals surface area contributed by atoms with Crippen LogP contribution in [0, 0.1) is 11.8 Å². The van der Waals surface area contributed by atoms with Crippen LogP contribution in [0.15, 0.2) is 78.9 Å². The number of carbonyl (C=O) groups excluding carboxylic acids is 1. The van der Waals surface area contributed by atoms with E-state index < -0.39 is 0 Å². The number of fused-ring (bicyclic) bond motifs is 3. The molecule has 0 radical (unpaired) electrons. The molecule has 3 aromatic carbocycles. The Morgan fingerprint density at radius 2 is 1.57 bits per heavy atom. The van der Waals surface area contributed by atoms with Crippen LogP contribution in [0.4, 0.5) is 0 Å². The van der Waals surface area contributed by atoms with Crippen molar-refractivity contribution in [1.29, 1.82) is 0 Å². The Bertz CT molecular complexity index is 1220. The number of amides is 1. The fraction of sp³-hybridized carbons (Fsp3) is 0.457. The van der Waals surface area contributed by atoms with Crippen LogP contribution < -0.4 is 10.1 Å². The lowest BCUT2D eigenvalue weighted by Gasteiger charge is -2.57. The average Bonchev–Trinajstić information content (AvgIpc) is 3.02. The summed E-state index contributed by atoms with van der Waals surface area (Å²) in [5.41, 5.74) is 5.15. The number of rotatable bonds is 11. The molecule has 3 heterocycles. The zero-order valence-electron chi connectivity index (χ0n) is 25.4. The zero-order chi connectivity index (χ0) is 28.1. The highest BCUT2D eigenvalue weighted by molar-refractivity contribution is 5.85. The van der Waals surface area contributed by atoms with Gasteiger partial charge in [-0.1, -0.05) is 79.7 Å². The Morgan fingerprint density at radius 3 is 2.12 bits per heavy atom. The van der Waals surface area contributed by atoms with E-state index in [1.807, 2.05) is 4.90 Å². The smallest absolute Gasteiger partial charge is 0.227 e. The van der Waals surface area contributed by atoms with Crippen LogP contribution in [0.2, 0.25) is 0 Å². The fourth-order valence-electron chi connectivity index (χ4n) is 7.22. The molecule has 5 unspecified atom stereocenters. The molecule has 0 spiro atoms. The van der Waals surface area contributed by atoms with E-state index in [1.165, 1.54) is 22.3 Å². The molecule has 0 aliphatic carbocycles. The summed E-state index contributed by atoms with van der Waals surface area (Å²) >= 11 is 0. The van der Waals surface area contributed by atoms with Gasteiger partial charge in [0, 0.05) is 49.7 Å². The molecule has 228 valence electrons. The van der Waals surface area contributed by atoms with Gasteiger partial charge in [-0.15, -0.1) is 24.8 Å². The number of piperidine rings is 3. The van der Waals surface area contributed by atoms with Gasteiger partial charge in [-0.25, -0.2) is 0 Å². The molecule has 3 saturated heterocycles. The number of benzene rings is 3. The lowest BCUT2D eigenvalue weighted by atomic mass is 9.66. The minimum atomic E-state index is 0. The largest absolute Gasteiger partial charge is 0.496 e. The van der Waals surface area contributed by atoms with Crippen molar-refractivity contribution in [3.63, 3.8) is 0 Å². The first kappa shape index (κ1) is 33.9. The quantitative estimate of drug-likeness (QED) is 0.266. The molecule has 5 nitrogen and oxygen atoms in total. The van der Waals surface area contributed by atoms with E-state index >= 15 is 0 Å². The summed E-state index contributed by atoms with van der Waals surface area (Å²) in [7, 11) is 1.75.